The maximum Gasteiger partial charge on any atom is 0.230 e. The average molecular weight is 364 g/mol. The van der Waals surface area contributed by atoms with Crippen LogP contribution < -0.4 is 5.32 Å². The zero-order valence-corrected chi connectivity index (χ0v) is 15.4. The summed E-state index contributed by atoms with van der Waals surface area (Å²) in [6.45, 7) is 2.78. The lowest BCUT2D eigenvalue weighted by Crippen LogP contribution is -2.27. The van der Waals surface area contributed by atoms with Crippen molar-refractivity contribution in [2.75, 3.05) is 18.1 Å². The molecule has 24 heavy (non-hydrogen) atoms. The van der Waals surface area contributed by atoms with Crippen LogP contribution in [0, 0.1) is 12.7 Å². The van der Waals surface area contributed by atoms with Crippen molar-refractivity contribution in [1.82, 2.24) is 5.32 Å². The predicted molar refractivity (Wildman–Crippen MR) is 103 cm³/mol. The van der Waals surface area contributed by atoms with E-state index in [9.17, 15) is 9.18 Å². The molecule has 0 aliphatic carbocycles. The van der Waals surface area contributed by atoms with Gasteiger partial charge >= 0.3 is 0 Å². The molecule has 1 amide bonds. The van der Waals surface area contributed by atoms with Gasteiger partial charge in [-0.1, -0.05) is 42.0 Å². The Labute approximate surface area is 151 Å². The molecule has 0 aliphatic rings. The number of rotatable bonds is 9. The number of hydrogen-bond donors (Lipinski definition) is 1. The average Bonchev–Trinajstić information content (AvgIpc) is 2.56. The fourth-order valence-corrected chi connectivity index (χ4v) is 3.77. The van der Waals surface area contributed by atoms with Gasteiger partial charge in [0.2, 0.25) is 5.91 Å². The van der Waals surface area contributed by atoms with Crippen LogP contribution in [0.3, 0.4) is 0 Å². The van der Waals surface area contributed by atoms with E-state index in [0.29, 0.717) is 12.3 Å². The van der Waals surface area contributed by atoms with E-state index >= 15 is 0 Å². The first-order valence-corrected chi connectivity index (χ1v) is 10.2. The van der Waals surface area contributed by atoms with Crippen molar-refractivity contribution in [1.29, 1.82) is 0 Å². The normalized spacial score (nSPS) is 10.6. The Bertz CT molecular complexity index is 646. The molecule has 2 aromatic carbocycles. The van der Waals surface area contributed by atoms with Crippen molar-refractivity contribution in [2.45, 2.75) is 18.4 Å². The second-order valence-electron chi connectivity index (χ2n) is 5.51. The molecule has 1 N–H and O–H groups in total. The van der Waals surface area contributed by atoms with Crippen LogP contribution in [0.1, 0.15) is 16.7 Å². The van der Waals surface area contributed by atoms with Crippen LogP contribution in [0.5, 0.6) is 0 Å². The zero-order chi connectivity index (χ0) is 17.2. The summed E-state index contributed by atoms with van der Waals surface area (Å²) in [4.78, 5) is 11.8. The first-order chi connectivity index (χ1) is 11.6. The standard InChI is InChI=1S/C19H22FNOS2/c1-15-3-2-4-17(11-15)13-23-10-9-21-19(22)14-24-12-16-5-7-18(20)8-6-16/h2-8,11H,9-10,12-14H2,1H3,(H,21,22). The topological polar surface area (TPSA) is 29.1 Å². The molecule has 0 aliphatic heterocycles. The van der Waals surface area contributed by atoms with Crippen molar-refractivity contribution in [3.63, 3.8) is 0 Å². The number of benzene rings is 2. The van der Waals surface area contributed by atoms with Gasteiger partial charge in [-0.15, -0.1) is 11.8 Å². The summed E-state index contributed by atoms with van der Waals surface area (Å²) in [5.41, 5.74) is 3.63. The fourth-order valence-electron chi connectivity index (χ4n) is 2.15. The van der Waals surface area contributed by atoms with Crippen LogP contribution in [0.25, 0.3) is 0 Å². The molecule has 0 saturated carbocycles. The van der Waals surface area contributed by atoms with Crippen LogP contribution in [-0.2, 0) is 16.3 Å². The second-order valence-corrected chi connectivity index (χ2v) is 7.60. The third kappa shape index (κ3) is 7.41. The van der Waals surface area contributed by atoms with Crippen molar-refractivity contribution < 1.29 is 9.18 Å². The van der Waals surface area contributed by atoms with Gasteiger partial charge in [0.15, 0.2) is 0 Å². The highest BCUT2D eigenvalue weighted by Crippen LogP contribution is 2.14. The number of nitrogens with one attached hydrogen (secondary N) is 1. The summed E-state index contributed by atoms with van der Waals surface area (Å²) in [5.74, 6) is 2.84. The van der Waals surface area contributed by atoms with E-state index in [1.54, 1.807) is 23.9 Å². The molecule has 2 nitrogen and oxygen atoms in total. The van der Waals surface area contributed by atoms with Gasteiger partial charge < -0.3 is 5.32 Å². The molecule has 0 unspecified atom stereocenters. The van der Waals surface area contributed by atoms with Crippen molar-refractivity contribution in [3.05, 3.63) is 71.0 Å². The first kappa shape index (κ1) is 18.9. The molecule has 0 bridgehead atoms. The Kier molecular flexibility index (Phi) is 8.19. The summed E-state index contributed by atoms with van der Waals surface area (Å²) in [6, 6.07) is 14.9. The van der Waals surface area contributed by atoms with Crippen LogP contribution in [0.4, 0.5) is 4.39 Å². The smallest absolute Gasteiger partial charge is 0.230 e. The highest BCUT2D eigenvalue weighted by atomic mass is 32.2. The number of halogens is 1. The van der Waals surface area contributed by atoms with E-state index in [-0.39, 0.29) is 11.7 Å². The minimum atomic E-state index is -0.232. The lowest BCUT2D eigenvalue weighted by molar-refractivity contribution is -0.118. The lowest BCUT2D eigenvalue weighted by Gasteiger charge is -2.06. The Morgan fingerprint density at radius 1 is 1.04 bits per heavy atom. The van der Waals surface area contributed by atoms with Gasteiger partial charge in [0.05, 0.1) is 5.75 Å². The molecule has 0 saturated heterocycles. The van der Waals surface area contributed by atoms with Crippen molar-refractivity contribution >= 4 is 29.4 Å². The number of aryl methyl sites for hydroxylation is 1. The Morgan fingerprint density at radius 3 is 2.54 bits per heavy atom. The van der Waals surface area contributed by atoms with E-state index in [1.165, 1.54) is 23.3 Å². The molecule has 0 radical (unpaired) electrons. The van der Waals surface area contributed by atoms with E-state index < -0.39 is 0 Å². The molecule has 128 valence electrons. The first-order valence-electron chi connectivity index (χ1n) is 7.85. The zero-order valence-electron chi connectivity index (χ0n) is 13.8. The van der Waals surface area contributed by atoms with Gasteiger partial charge in [-0.3, -0.25) is 4.79 Å². The summed E-state index contributed by atoms with van der Waals surface area (Å²) in [5, 5.41) is 2.94. The largest absolute Gasteiger partial charge is 0.355 e. The lowest BCUT2D eigenvalue weighted by atomic mass is 10.2. The maximum absolute atomic E-state index is 12.8. The molecule has 5 heteroatoms. The van der Waals surface area contributed by atoms with Crippen LogP contribution in [0.2, 0.25) is 0 Å². The molecule has 0 aromatic heterocycles. The molecule has 0 fully saturated rings. The Morgan fingerprint density at radius 2 is 1.79 bits per heavy atom. The van der Waals surface area contributed by atoms with Gasteiger partial charge in [0.25, 0.3) is 0 Å². The number of carbonyl (C=O) groups excluding carboxylic acids is 1. The number of amides is 1. The Balaban J connectivity index is 1.52. The second kappa shape index (κ2) is 10.4. The number of hydrogen-bond acceptors (Lipinski definition) is 3. The summed E-state index contributed by atoms with van der Waals surface area (Å²) in [7, 11) is 0. The predicted octanol–water partition coefficient (Wildman–Crippen LogP) is 4.42. The van der Waals surface area contributed by atoms with E-state index in [0.717, 1.165) is 22.8 Å². The molecule has 0 spiro atoms. The molecule has 0 heterocycles. The molecular weight excluding hydrogens is 341 g/mol. The third-order valence-electron chi connectivity index (χ3n) is 3.33. The third-order valence-corrected chi connectivity index (χ3v) is 5.37. The highest BCUT2D eigenvalue weighted by molar-refractivity contribution is 7.99. The quantitative estimate of drug-likeness (QED) is 0.669. The maximum atomic E-state index is 12.8. The highest BCUT2D eigenvalue weighted by Gasteiger charge is 2.02. The molecule has 2 aromatic rings. The SMILES string of the molecule is Cc1cccc(CSCCNC(=O)CSCc2ccc(F)cc2)c1. The van der Waals surface area contributed by atoms with Crippen LogP contribution in [-0.4, -0.2) is 24.0 Å². The van der Waals surface area contributed by atoms with E-state index in [2.05, 4.69) is 36.5 Å². The van der Waals surface area contributed by atoms with Gasteiger partial charge in [-0.25, -0.2) is 4.39 Å². The summed E-state index contributed by atoms with van der Waals surface area (Å²) >= 11 is 3.36. The monoisotopic (exact) mass is 363 g/mol. The van der Waals surface area contributed by atoms with Crippen LogP contribution in [0.15, 0.2) is 48.5 Å². The van der Waals surface area contributed by atoms with Gasteiger partial charge in [0, 0.05) is 23.8 Å². The fraction of sp³-hybridized carbons (Fsp3) is 0.316. The summed E-state index contributed by atoms with van der Waals surface area (Å²) in [6.07, 6.45) is 0. The van der Waals surface area contributed by atoms with Gasteiger partial charge in [-0.2, -0.15) is 11.8 Å². The minimum Gasteiger partial charge on any atom is -0.355 e. The van der Waals surface area contributed by atoms with Crippen LogP contribution >= 0.6 is 23.5 Å². The van der Waals surface area contributed by atoms with E-state index in [1.807, 2.05) is 11.8 Å². The number of carbonyl (C=O) groups is 1. The molecular formula is C19H22FNOS2. The van der Waals surface area contributed by atoms with Gasteiger partial charge in [-0.05, 0) is 30.2 Å². The van der Waals surface area contributed by atoms with Crippen molar-refractivity contribution in [2.24, 2.45) is 0 Å². The summed E-state index contributed by atoms with van der Waals surface area (Å²) < 4.78 is 12.8. The van der Waals surface area contributed by atoms with E-state index in [4.69, 9.17) is 0 Å². The van der Waals surface area contributed by atoms with Gasteiger partial charge in [0.1, 0.15) is 5.82 Å². The minimum absolute atomic E-state index is 0.0540. The molecule has 0 atom stereocenters. The van der Waals surface area contributed by atoms with Crippen molar-refractivity contribution in [3.8, 4) is 0 Å². The Hall–Kier alpha value is -1.46. The molecule has 2 rings (SSSR count). The number of thioether (sulfide) groups is 2.